The Labute approximate surface area is 171 Å². The van der Waals surface area contributed by atoms with Crippen LogP contribution >= 0.6 is 0 Å². The van der Waals surface area contributed by atoms with Crippen LogP contribution in [0.2, 0.25) is 0 Å². The quantitative estimate of drug-likeness (QED) is 0.629. The highest BCUT2D eigenvalue weighted by molar-refractivity contribution is 7.92. The number of hydrogen-bond acceptors (Lipinski definition) is 2. The number of quaternary nitrogens is 1. The minimum atomic E-state index is -3.24. The van der Waals surface area contributed by atoms with Crippen LogP contribution in [0.5, 0.6) is 0 Å². The minimum absolute atomic E-state index is 0. The van der Waals surface area contributed by atoms with E-state index < -0.39 is 10.0 Å². The monoisotopic (exact) mass is 412 g/mol. The van der Waals surface area contributed by atoms with Crippen LogP contribution < -0.4 is 22.4 Å². The number of hydrogen-bond donors (Lipinski definition) is 2. The highest BCUT2D eigenvalue weighted by atomic mass is 35.5. The lowest BCUT2D eigenvalue weighted by Gasteiger charge is -2.10. The Hall–Kier alpha value is -1.56. The van der Waals surface area contributed by atoms with E-state index in [9.17, 15) is 8.42 Å². The van der Waals surface area contributed by atoms with Gasteiger partial charge in [0.2, 0.25) is 10.0 Å². The van der Waals surface area contributed by atoms with Crippen molar-refractivity contribution < 1.29 is 26.1 Å². The van der Waals surface area contributed by atoms with Gasteiger partial charge in [-0.1, -0.05) is 45.5 Å². The summed E-state index contributed by atoms with van der Waals surface area (Å²) in [6.07, 6.45) is 2.40. The predicted octanol–water partition coefficient (Wildman–Crippen LogP) is 0.783. The maximum atomic E-state index is 11.3. The average Bonchev–Trinajstić information content (AvgIpc) is 2.51. The van der Waals surface area contributed by atoms with Crippen LogP contribution in [0.3, 0.4) is 0 Å². The molecule has 0 unspecified atom stereocenters. The first-order valence-corrected chi connectivity index (χ1v) is 10.6. The molecule has 0 heterocycles. The van der Waals surface area contributed by atoms with Crippen molar-refractivity contribution in [3.05, 3.63) is 53.6 Å². The van der Waals surface area contributed by atoms with Gasteiger partial charge in [0.25, 0.3) is 0 Å². The van der Waals surface area contributed by atoms with Crippen LogP contribution in [-0.4, -0.2) is 21.2 Å². The summed E-state index contributed by atoms with van der Waals surface area (Å²) in [5.41, 5.74) is 5.42. The van der Waals surface area contributed by atoms with Crippen LogP contribution in [0.1, 0.15) is 38.8 Å². The molecule has 0 amide bonds. The standard InChI is InChI=1S/C20H28N2O2S.CH4.ClH/c1-15(2)11-12-21-14-17-5-10-20(16(3)13-17)18-6-8-19(9-7-18)22-25(4,23)24;;/h5-10,13,15,21-22H,11-12,14H2,1-4H3;1H4;1H. The van der Waals surface area contributed by atoms with Gasteiger partial charge < -0.3 is 17.7 Å². The zero-order chi connectivity index (χ0) is 18.4. The summed E-state index contributed by atoms with van der Waals surface area (Å²) in [5, 5.41) is 2.36. The Bertz CT molecular complexity index is 803. The summed E-state index contributed by atoms with van der Waals surface area (Å²) in [4.78, 5) is 0. The summed E-state index contributed by atoms with van der Waals surface area (Å²) in [7, 11) is -3.24. The van der Waals surface area contributed by atoms with Crippen molar-refractivity contribution in [2.45, 2.75) is 41.2 Å². The molecule has 0 aromatic heterocycles. The fourth-order valence-electron chi connectivity index (χ4n) is 2.83. The Morgan fingerprint density at radius 3 is 2.22 bits per heavy atom. The number of nitrogens with two attached hydrogens (primary N) is 1. The Morgan fingerprint density at radius 1 is 1.07 bits per heavy atom. The third-order valence-electron chi connectivity index (χ3n) is 4.12. The predicted molar refractivity (Wildman–Crippen MR) is 112 cm³/mol. The van der Waals surface area contributed by atoms with Gasteiger partial charge in [-0.25, -0.2) is 8.42 Å². The first kappa shape index (κ1) is 25.4. The highest BCUT2D eigenvalue weighted by Gasteiger charge is 2.06. The van der Waals surface area contributed by atoms with E-state index in [1.807, 2.05) is 12.1 Å². The lowest BCUT2D eigenvalue weighted by Crippen LogP contribution is -3.00. The van der Waals surface area contributed by atoms with Gasteiger partial charge in [-0.3, -0.25) is 4.72 Å². The molecule has 0 saturated carbocycles. The van der Waals surface area contributed by atoms with E-state index in [4.69, 9.17) is 0 Å². The van der Waals surface area contributed by atoms with E-state index in [1.54, 1.807) is 12.1 Å². The van der Waals surface area contributed by atoms with Gasteiger partial charge in [0.1, 0.15) is 6.54 Å². The lowest BCUT2D eigenvalue weighted by atomic mass is 9.98. The second kappa shape index (κ2) is 11.3. The second-order valence-electron chi connectivity index (χ2n) is 7.06. The molecule has 2 aromatic carbocycles. The zero-order valence-corrected chi connectivity index (χ0v) is 17.5. The first-order chi connectivity index (χ1) is 11.7. The number of aryl methyl sites for hydroxylation is 1. The number of rotatable bonds is 8. The van der Waals surface area contributed by atoms with Gasteiger partial charge in [-0.15, -0.1) is 0 Å². The van der Waals surface area contributed by atoms with Gasteiger partial charge in [0, 0.05) is 11.3 Å². The van der Waals surface area contributed by atoms with Crippen LogP contribution in [0.15, 0.2) is 42.5 Å². The third kappa shape index (κ3) is 8.78. The van der Waals surface area contributed by atoms with Gasteiger partial charge in [-0.05, 0) is 54.2 Å². The molecule has 0 saturated heterocycles. The normalized spacial score (nSPS) is 10.9. The number of sulfonamides is 1. The summed E-state index contributed by atoms with van der Waals surface area (Å²) >= 11 is 0. The van der Waals surface area contributed by atoms with E-state index in [0.717, 1.165) is 30.8 Å². The Balaban J connectivity index is 0.00000338. The molecule has 6 heteroatoms. The first-order valence-electron chi connectivity index (χ1n) is 8.74. The van der Waals surface area contributed by atoms with Crippen molar-refractivity contribution >= 4 is 15.7 Å². The van der Waals surface area contributed by atoms with Crippen molar-refractivity contribution in [3.8, 4) is 11.1 Å². The van der Waals surface area contributed by atoms with Crippen LogP contribution in [0.25, 0.3) is 11.1 Å². The molecule has 152 valence electrons. The fourth-order valence-corrected chi connectivity index (χ4v) is 3.39. The molecule has 0 fully saturated rings. The molecule has 3 N–H and O–H groups in total. The van der Waals surface area contributed by atoms with Gasteiger partial charge >= 0.3 is 0 Å². The van der Waals surface area contributed by atoms with Gasteiger partial charge in [-0.2, -0.15) is 0 Å². The van der Waals surface area contributed by atoms with E-state index in [2.05, 4.69) is 49.0 Å². The fraction of sp³-hybridized carbons (Fsp3) is 0.429. The molecule has 2 aromatic rings. The molecule has 27 heavy (non-hydrogen) atoms. The molecule has 4 nitrogen and oxygen atoms in total. The number of nitrogens with one attached hydrogen (secondary N) is 1. The van der Waals surface area contributed by atoms with Crippen LogP contribution in [0.4, 0.5) is 5.69 Å². The van der Waals surface area contributed by atoms with Crippen LogP contribution in [-0.2, 0) is 16.6 Å². The molecular weight excluding hydrogens is 380 g/mol. The molecule has 0 aliphatic carbocycles. The van der Waals surface area contributed by atoms with E-state index in [-0.39, 0.29) is 19.8 Å². The Morgan fingerprint density at radius 2 is 1.70 bits per heavy atom. The average molecular weight is 413 g/mol. The summed E-state index contributed by atoms with van der Waals surface area (Å²) in [5.74, 6) is 0.750. The minimum Gasteiger partial charge on any atom is -1.00 e. The molecule has 0 spiro atoms. The molecule has 0 aliphatic rings. The molecule has 0 radical (unpaired) electrons. The maximum Gasteiger partial charge on any atom is 0.229 e. The Kier molecular flexibility index (Phi) is 10.7. The molecule has 0 bridgehead atoms. The lowest BCUT2D eigenvalue weighted by molar-refractivity contribution is -0.671. The summed E-state index contributed by atoms with van der Waals surface area (Å²) < 4.78 is 25.0. The smallest absolute Gasteiger partial charge is 0.229 e. The summed E-state index contributed by atoms with van der Waals surface area (Å²) in [6, 6.07) is 14.1. The van der Waals surface area contributed by atoms with Crippen LogP contribution in [0, 0.1) is 12.8 Å². The largest absolute Gasteiger partial charge is 1.00 e. The SMILES string of the molecule is C.Cc1cc(C[NH2+]CCC(C)C)ccc1-c1ccc(NS(C)(=O)=O)cc1.[Cl-]. The van der Waals surface area contributed by atoms with Crippen molar-refractivity contribution in [1.29, 1.82) is 0 Å². The number of anilines is 1. The topological polar surface area (TPSA) is 62.8 Å². The van der Waals surface area contributed by atoms with Crippen molar-refractivity contribution in [1.82, 2.24) is 0 Å². The molecule has 2 rings (SSSR count). The van der Waals surface area contributed by atoms with Crippen molar-refractivity contribution in [2.75, 3.05) is 17.5 Å². The molecular formula is C21H33ClN2O2S. The molecule has 0 atom stereocenters. The zero-order valence-electron chi connectivity index (χ0n) is 15.9. The maximum absolute atomic E-state index is 11.3. The summed E-state index contributed by atoms with van der Waals surface area (Å²) in [6.45, 7) is 8.79. The number of halogens is 1. The van der Waals surface area contributed by atoms with E-state index in [1.165, 1.54) is 23.1 Å². The highest BCUT2D eigenvalue weighted by Crippen LogP contribution is 2.25. The van der Waals surface area contributed by atoms with Crippen molar-refractivity contribution in [3.63, 3.8) is 0 Å². The van der Waals surface area contributed by atoms with Crippen molar-refractivity contribution in [2.24, 2.45) is 5.92 Å². The van der Waals surface area contributed by atoms with E-state index >= 15 is 0 Å². The van der Waals surface area contributed by atoms with Gasteiger partial charge in [0.15, 0.2) is 0 Å². The third-order valence-corrected chi connectivity index (χ3v) is 4.72. The number of benzene rings is 2. The van der Waals surface area contributed by atoms with E-state index in [0.29, 0.717) is 5.69 Å². The van der Waals surface area contributed by atoms with Gasteiger partial charge in [0.05, 0.1) is 12.8 Å². The second-order valence-corrected chi connectivity index (χ2v) is 8.81. The molecule has 0 aliphatic heterocycles.